The molecule has 0 spiro atoms. The van der Waals surface area contributed by atoms with Gasteiger partial charge in [0.2, 0.25) is 0 Å². The molecule has 1 aromatic rings. The lowest BCUT2D eigenvalue weighted by atomic mass is 10.1. The first-order chi connectivity index (χ1) is 7.72. The number of anilines is 1. The van der Waals surface area contributed by atoms with Crippen LogP contribution in [0, 0.1) is 0 Å². The standard InChI is InChI=1S/C10H9BrF3NO2/c1-5(11)9(16)8-6(15)3-2-4-7(8)17-10(12,13)14/h2-5H,15H2,1H3. The van der Waals surface area contributed by atoms with Gasteiger partial charge in [-0.2, -0.15) is 0 Å². The second kappa shape index (κ2) is 4.95. The minimum atomic E-state index is -4.86. The molecule has 1 unspecified atom stereocenters. The summed E-state index contributed by atoms with van der Waals surface area (Å²) in [7, 11) is 0. The van der Waals surface area contributed by atoms with Crippen molar-refractivity contribution in [3.63, 3.8) is 0 Å². The minimum Gasteiger partial charge on any atom is -0.405 e. The number of Topliss-reactive ketones (excluding diaryl/α,β-unsaturated/α-hetero) is 1. The van der Waals surface area contributed by atoms with Crippen molar-refractivity contribution < 1.29 is 22.7 Å². The van der Waals surface area contributed by atoms with E-state index in [1.165, 1.54) is 19.1 Å². The molecule has 0 aromatic heterocycles. The van der Waals surface area contributed by atoms with Gasteiger partial charge in [-0.1, -0.05) is 22.0 Å². The van der Waals surface area contributed by atoms with E-state index in [2.05, 4.69) is 20.7 Å². The van der Waals surface area contributed by atoms with E-state index in [1.807, 2.05) is 0 Å². The van der Waals surface area contributed by atoms with Gasteiger partial charge in [0.25, 0.3) is 0 Å². The van der Waals surface area contributed by atoms with Crippen LogP contribution in [0.5, 0.6) is 5.75 Å². The number of benzene rings is 1. The maximum atomic E-state index is 12.1. The van der Waals surface area contributed by atoms with E-state index < -0.39 is 22.7 Å². The molecular weight excluding hydrogens is 303 g/mol. The fourth-order valence-electron chi connectivity index (χ4n) is 1.22. The molecule has 7 heteroatoms. The molecule has 0 saturated heterocycles. The summed E-state index contributed by atoms with van der Waals surface area (Å²) in [6.45, 7) is 1.49. The van der Waals surface area contributed by atoms with Gasteiger partial charge >= 0.3 is 6.36 Å². The van der Waals surface area contributed by atoms with Crippen LogP contribution >= 0.6 is 15.9 Å². The van der Waals surface area contributed by atoms with Crippen molar-refractivity contribution in [1.82, 2.24) is 0 Å². The van der Waals surface area contributed by atoms with Crippen LogP contribution in [0.1, 0.15) is 17.3 Å². The van der Waals surface area contributed by atoms with Crippen LogP contribution in [-0.4, -0.2) is 17.0 Å². The first-order valence-corrected chi connectivity index (χ1v) is 5.46. The molecule has 0 amide bonds. The van der Waals surface area contributed by atoms with Crippen LogP contribution in [0.25, 0.3) is 0 Å². The number of carbonyl (C=O) groups is 1. The molecule has 0 aliphatic carbocycles. The largest absolute Gasteiger partial charge is 0.573 e. The van der Waals surface area contributed by atoms with Gasteiger partial charge in [0.1, 0.15) is 5.75 Å². The van der Waals surface area contributed by atoms with Crippen molar-refractivity contribution in [2.45, 2.75) is 18.1 Å². The molecule has 0 fully saturated rings. The minimum absolute atomic E-state index is 0.0527. The number of halogens is 4. The monoisotopic (exact) mass is 311 g/mol. The van der Waals surface area contributed by atoms with Gasteiger partial charge in [-0.3, -0.25) is 4.79 Å². The zero-order chi connectivity index (χ0) is 13.2. The number of alkyl halides is 4. The summed E-state index contributed by atoms with van der Waals surface area (Å²) < 4.78 is 40.2. The van der Waals surface area contributed by atoms with Crippen LogP contribution in [0.3, 0.4) is 0 Å². The second-order valence-electron chi connectivity index (χ2n) is 3.25. The van der Waals surface area contributed by atoms with E-state index in [0.717, 1.165) is 6.07 Å². The Labute approximate surface area is 104 Å². The maximum Gasteiger partial charge on any atom is 0.573 e. The number of nitrogen functional groups attached to an aromatic ring is 1. The van der Waals surface area contributed by atoms with E-state index in [-0.39, 0.29) is 11.3 Å². The predicted molar refractivity (Wildman–Crippen MR) is 60.3 cm³/mol. The molecule has 0 aliphatic heterocycles. The van der Waals surface area contributed by atoms with Gasteiger partial charge in [0, 0.05) is 5.69 Å². The lowest BCUT2D eigenvalue weighted by Crippen LogP contribution is -2.21. The molecule has 2 N–H and O–H groups in total. The molecule has 3 nitrogen and oxygen atoms in total. The van der Waals surface area contributed by atoms with Crippen LogP contribution in [0.4, 0.5) is 18.9 Å². The molecule has 0 bridgehead atoms. The van der Waals surface area contributed by atoms with Crippen LogP contribution in [0.2, 0.25) is 0 Å². The highest BCUT2D eigenvalue weighted by Crippen LogP contribution is 2.31. The van der Waals surface area contributed by atoms with Crippen LogP contribution < -0.4 is 10.5 Å². The Hall–Kier alpha value is -1.24. The Morgan fingerprint density at radius 3 is 2.53 bits per heavy atom. The third-order valence-corrected chi connectivity index (χ3v) is 2.31. The molecule has 94 valence electrons. The van der Waals surface area contributed by atoms with Gasteiger partial charge in [0.15, 0.2) is 5.78 Å². The number of hydrogen-bond acceptors (Lipinski definition) is 3. The third kappa shape index (κ3) is 3.62. The van der Waals surface area contributed by atoms with Crippen LogP contribution in [-0.2, 0) is 0 Å². The van der Waals surface area contributed by atoms with Crippen molar-refractivity contribution in [2.24, 2.45) is 0 Å². The van der Waals surface area contributed by atoms with E-state index in [4.69, 9.17) is 5.73 Å². The summed E-state index contributed by atoms with van der Waals surface area (Å²) >= 11 is 2.98. The maximum absolute atomic E-state index is 12.1. The summed E-state index contributed by atoms with van der Waals surface area (Å²) in [5, 5.41) is 0. The molecule has 0 heterocycles. The highest BCUT2D eigenvalue weighted by Gasteiger charge is 2.33. The summed E-state index contributed by atoms with van der Waals surface area (Å²) in [5.74, 6) is -1.16. The van der Waals surface area contributed by atoms with E-state index in [9.17, 15) is 18.0 Å². The SMILES string of the molecule is CC(Br)C(=O)c1c(N)cccc1OC(F)(F)F. The smallest absolute Gasteiger partial charge is 0.405 e. The zero-order valence-corrected chi connectivity index (χ0v) is 10.3. The quantitative estimate of drug-likeness (QED) is 0.530. The van der Waals surface area contributed by atoms with Crippen molar-refractivity contribution in [2.75, 3.05) is 5.73 Å². The Morgan fingerprint density at radius 2 is 2.06 bits per heavy atom. The predicted octanol–water partition coefficient (Wildman–Crippen LogP) is 3.13. The van der Waals surface area contributed by atoms with Gasteiger partial charge in [-0.15, -0.1) is 13.2 Å². The first kappa shape index (κ1) is 13.8. The number of hydrogen-bond donors (Lipinski definition) is 1. The molecule has 0 saturated carbocycles. The fraction of sp³-hybridized carbons (Fsp3) is 0.300. The van der Waals surface area contributed by atoms with Gasteiger partial charge < -0.3 is 10.5 Å². The fourth-order valence-corrected chi connectivity index (χ4v) is 1.45. The van der Waals surface area contributed by atoms with Gasteiger partial charge in [-0.25, -0.2) is 0 Å². The molecule has 17 heavy (non-hydrogen) atoms. The third-order valence-electron chi connectivity index (χ3n) is 1.89. The summed E-state index contributed by atoms with van der Waals surface area (Å²) in [5.41, 5.74) is 5.17. The molecule has 0 radical (unpaired) electrons. The molecule has 1 rings (SSSR count). The number of nitrogens with two attached hydrogens (primary N) is 1. The zero-order valence-electron chi connectivity index (χ0n) is 8.72. The van der Waals surface area contributed by atoms with E-state index in [0.29, 0.717) is 0 Å². The summed E-state index contributed by atoms with van der Waals surface area (Å²) in [6.07, 6.45) is -4.86. The highest BCUT2D eigenvalue weighted by molar-refractivity contribution is 9.10. The molecule has 0 aliphatic rings. The molecule has 1 atom stereocenters. The first-order valence-electron chi connectivity index (χ1n) is 4.55. The second-order valence-corrected chi connectivity index (χ2v) is 4.62. The normalized spacial score (nSPS) is 13.2. The van der Waals surface area contributed by atoms with Crippen molar-refractivity contribution >= 4 is 27.4 Å². The van der Waals surface area contributed by atoms with Crippen molar-refractivity contribution in [1.29, 1.82) is 0 Å². The summed E-state index contributed by atoms with van der Waals surface area (Å²) in [4.78, 5) is 11.0. The number of ketones is 1. The van der Waals surface area contributed by atoms with E-state index >= 15 is 0 Å². The molecular formula is C10H9BrF3NO2. The molecule has 1 aromatic carbocycles. The van der Waals surface area contributed by atoms with Crippen molar-refractivity contribution in [3.8, 4) is 5.75 Å². The number of ether oxygens (including phenoxy) is 1. The number of rotatable bonds is 3. The van der Waals surface area contributed by atoms with E-state index in [1.54, 1.807) is 0 Å². The topological polar surface area (TPSA) is 52.3 Å². The highest BCUT2D eigenvalue weighted by atomic mass is 79.9. The average molecular weight is 312 g/mol. The lowest BCUT2D eigenvalue weighted by molar-refractivity contribution is -0.274. The Kier molecular flexibility index (Phi) is 4.03. The average Bonchev–Trinajstić information content (AvgIpc) is 2.14. The Morgan fingerprint density at radius 1 is 1.47 bits per heavy atom. The van der Waals surface area contributed by atoms with Gasteiger partial charge in [-0.05, 0) is 19.1 Å². The number of carbonyl (C=O) groups excluding carboxylic acids is 1. The van der Waals surface area contributed by atoms with Crippen LogP contribution in [0.15, 0.2) is 18.2 Å². The Bertz CT molecular complexity index is 432. The lowest BCUT2D eigenvalue weighted by Gasteiger charge is -2.14. The van der Waals surface area contributed by atoms with Crippen molar-refractivity contribution in [3.05, 3.63) is 23.8 Å². The Balaban J connectivity index is 3.22. The van der Waals surface area contributed by atoms with Gasteiger partial charge in [0.05, 0.1) is 10.4 Å². The summed E-state index contributed by atoms with van der Waals surface area (Å²) in [6, 6.07) is 3.67.